The number of fused-ring (bicyclic) bond motifs is 1. The summed E-state index contributed by atoms with van der Waals surface area (Å²) in [5, 5.41) is 3.61. The average molecular weight is 286 g/mol. The van der Waals surface area contributed by atoms with Crippen LogP contribution in [0.15, 0.2) is 36.5 Å². The third kappa shape index (κ3) is 2.90. The molecule has 0 saturated carbocycles. The Balaban J connectivity index is 1.69. The molecule has 0 spiro atoms. The molecular weight excluding hydrogens is 264 g/mol. The summed E-state index contributed by atoms with van der Waals surface area (Å²) >= 11 is 0. The lowest BCUT2D eigenvalue weighted by Crippen LogP contribution is -2.33. The van der Waals surface area contributed by atoms with Crippen LogP contribution in [0.4, 0.5) is 0 Å². The summed E-state index contributed by atoms with van der Waals surface area (Å²) in [6.45, 7) is 2.10. The molecule has 0 saturated heterocycles. The van der Waals surface area contributed by atoms with Crippen molar-refractivity contribution < 1.29 is 9.47 Å². The first kappa shape index (κ1) is 14.0. The van der Waals surface area contributed by atoms with Gasteiger partial charge in [-0.2, -0.15) is 0 Å². The molecule has 1 aliphatic rings. The fourth-order valence-corrected chi connectivity index (χ4v) is 3.01. The highest BCUT2D eigenvalue weighted by molar-refractivity contribution is 5.43. The number of nitrogens with one attached hydrogen (secondary N) is 1. The molecule has 2 heterocycles. The van der Waals surface area contributed by atoms with Crippen LogP contribution >= 0.6 is 0 Å². The SMILES string of the molecule is COc1ccc(CC[C@@H]2NCCn3cccc32)cc1OC. The normalized spacial score (nSPS) is 17.3. The van der Waals surface area contributed by atoms with Gasteiger partial charge in [0.2, 0.25) is 0 Å². The Morgan fingerprint density at radius 3 is 2.86 bits per heavy atom. The second kappa shape index (κ2) is 6.22. The monoisotopic (exact) mass is 286 g/mol. The van der Waals surface area contributed by atoms with Crippen molar-refractivity contribution in [3.8, 4) is 11.5 Å². The lowest BCUT2D eigenvalue weighted by Gasteiger charge is -2.26. The number of aryl methyl sites for hydroxylation is 1. The number of ether oxygens (including phenoxy) is 2. The zero-order valence-electron chi connectivity index (χ0n) is 12.6. The first-order valence-corrected chi connectivity index (χ1v) is 7.41. The molecule has 4 heteroatoms. The van der Waals surface area contributed by atoms with E-state index in [9.17, 15) is 0 Å². The van der Waals surface area contributed by atoms with Crippen LogP contribution in [0.3, 0.4) is 0 Å². The van der Waals surface area contributed by atoms with Crippen LogP contribution in [-0.2, 0) is 13.0 Å². The minimum Gasteiger partial charge on any atom is -0.493 e. The van der Waals surface area contributed by atoms with E-state index in [0.717, 1.165) is 37.4 Å². The number of rotatable bonds is 5. The standard InChI is InChI=1S/C17H22N2O2/c1-20-16-8-6-13(12-17(16)21-2)5-7-14-15-4-3-10-19(15)11-9-18-14/h3-4,6,8,10,12,14,18H,5,7,9,11H2,1-2H3/t14-/m0/s1. The first-order chi connectivity index (χ1) is 10.3. The Kier molecular flexibility index (Phi) is 4.15. The molecule has 112 valence electrons. The highest BCUT2D eigenvalue weighted by Gasteiger charge is 2.18. The van der Waals surface area contributed by atoms with E-state index >= 15 is 0 Å². The number of hydrogen-bond donors (Lipinski definition) is 1. The van der Waals surface area contributed by atoms with Crippen molar-refractivity contribution in [2.45, 2.75) is 25.4 Å². The quantitative estimate of drug-likeness (QED) is 0.918. The maximum Gasteiger partial charge on any atom is 0.160 e. The molecule has 4 nitrogen and oxygen atoms in total. The summed E-state index contributed by atoms with van der Waals surface area (Å²) in [7, 11) is 3.34. The molecular formula is C17H22N2O2. The van der Waals surface area contributed by atoms with Crippen LogP contribution in [-0.4, -0.2) is 25.3 Å². The Morgan fingerprint density at radius 2 is 2.05 bits per heavy atom. The first-order valence-electron chi connectivity index (χ1n) is 7.41. The fourth-order valence-electron chi connectivity index (χ4n) is 3.01. The van der Waals surface area contributed by atoms with Gasteiger partial charge in [0.25, 0.3) is 0 Å². The third-order valence-corrected chi connectivity index (χ3v) is 4.13. The highest BCUT2D eigenvalue weighted by Crippen LogP contribution is 2.29. The number of benzene rings is 1. The molecule has 1 atom stereocenters. The van der Waals surface area contributed by atoms with E-state index in [-0.39, 0.29) is 0 Å². The second-order valence-corrected chi connectivity index (χ2v) is 5.36. The zero-order chi connectivity index (χ0) is 14.7. The number of nitrogens with zero attached hydrogens (tertiary/aromatic N) is 1. The van der Waals surface area contributed by atoms with Crippen LogP contribution in [0.2, 0.25) is 0 Å². The molecule has 0 amide bonds. The Hall–Kier alpha value is -1.94. The van der Waals surface area contributed by atoms with Gasteiger partial charge < -0.3 is 19.4 Å². The molecule has 1 aromatic carbocycles. The molecule has 1 aliphatic heterocycles. The Morgan fingerprint density at radius 1 is 1.19 bits per heavy atom. The van der Waals surface area contributed by atoms with Crippen LogP contribution in [0.1, 0.15) is 23.7 Å². The van der Waals surface area contributed by atoms with E-state index in [1.165, 1.54) is 11.3 Å². The van der Waals surface area contributed by atoms with Crippen LogP contribution < -0.4 is 14.8 Å². The second-order valence-electron chi connectivity index (χ2n) is 5.36. The van der Waals surface area contributed by atoms with Gasteiger partial charge in [-0.05, 0) is 42.7 Å². The van der Waals surface area contributed by atoms with E-state index in [1.807, 2.05) is 6.07 Å². The van der Waals surface area contributed by atoms with Crippen molar-refractivity contribution in [3.05, 3.63) is 47.8 Å². The minimum atomic E-state index is 0.432. The van der Waals surface area contributed by atoms with Gasteiger partial charge in [-0.3, -0.25) is 0 Å². The van der Waals surface area contributed by atoms with Crippen molar-refractivity contribution in [1.82, 2.24) is 9.88 Å². The lowest BCUT2D eigenvalue weighted by atomic mass is 10.0. The largest absolute Gasteiger partial charge is 0.493 e. The Bertz CT molecular complexity index is 607. The van der Waals surface area contributed by atoms with Gasteiger partial charge in [0.05, 0.1) is 14.2 Å². The van der Waals surface area contributed by atoms with Gasteiger partial charge in [-0.15, -0.1) is 0 Å². The zero-order valence-corrected chi connectivity index (χ0v) is 12.6. The molecule has 0 fully saturated rings. The van der Waals surface area contributed by atoms with E-state index < -0.39 is 0 Å². The van der Waals surface area contributed by atoms with E-state index in [1.54, 1.807) is 14.2 Å². The van der Waals surface area contributed by atoms with Crippen molar-refractivity contribution in [2.24, 2.45) is 0 Å². The lowest BCUT2D eigenvalue weighted by molar-refractivity contribution is 0.354. The molecule has 0 radical (unpaired) electrons. The summed E-state index contributed by atoms with van der Waals surface area (Å²) in [5.41, 5.74) is 2.67. The molecule has 0 unspecified atom stereocenters. The van der Waals surface area contributed by atoms with Gasteiger partial charge in [-0.1, -0.05) is 6.07 Å². The summed E-state index contributed by atoms with van der Waals surface area (Å²) < 4.78 is 13.0. The molecule has 0 bridgehead atoms. The van der Waals surface area contributed by atoms with Gasteiger partial charge in [-0.25, -0.2) is 0 Å². The Labute approximate surface area is 125 Å². The molecule has 1 N–H and O–H groups in total. The molecule has 3 rings (SSSR count). The number of aromatic nitrogens is 1. The van der Waals surface area contributed by atoms with E-state index in [2.05, 4.69) is 40.3 Å². The minimum absolute atomic E-state index is 0.432. The molecule has 21 heavy (non-hydrogen) atoms. The molecule has 1 aromatic heterocycles. The van der Waals surface area contributed by atoms with Gasteiger partial charge in [0.1, 0.15) is 0 Å². The molecule has 2 aromatic rings. The topological polar surface area (TPSA) is 35.4 Å². The van der Waals surface area contributed by atoms with Crippen LogP contribution in [0.5, 0.6) is 11.5 Å². The summed E-state index contributed by atoms with van der Waals surface area (Å²) in [4.78, 5) is 0. The predicted octanol–water partition coefficient (Wildman–Crippen LogP) is 2.78. The summed E-state index contributed by atoms with van der Waals surface area (Å²) in [6, 6.07) is 10.9. The number of methoxy groups -OCH3 is 2. The number of hydrogen-bond acceptors (Lipinski definition) is 3. The van der Waals surface area contributed by atoms with Gasteiger partial charge in [0.15, 0.2) is 11.5 Å². The average Bonchev–Trinajstić information content (AvgIpc) is 3.01. The van der Waals surface area contributed by atoms with Crippen molar-refractivity contribution in [1.29, 1.82) is 0 Å². The summed E-state index contributed by atoms with van der Waals surface area (Å²) in [6.07, 6.45) is 4.27. The van der Waals surface area contributed by atoms with Crippen molar-refractivity contribution >= 4 is 0 Å². The van der Waals surface area contributed by atoms with E-state index in [0.29, 0.717) is 6.04 Å². The van der Waals surface area contributed by atoms with E-state index in [4.69, 9.17) is 9.47 Å². The van der Waals surface area contributed by atoms with Crippen molar-refractivity contribution in [3.63, 3.8) is 0 Å². The maximum atomic E-state index is 5.37. The highest BCUT2D eigenvalue weighted by atomic mass is 16.5. The van der Waals surface area contributed by atoms with Crippen molar-refractivity contribution in [2.75, 3.05) is 20.8 Å². The van der Waals surface area contributed by atoms with Crippen LogP contribution in [0.25, 0.3) is 0 Å². The summed E-state index contributed by atoms with van der Waals surface area (Å²) in [5.74, 6) is 1.58. The third-order valence-electron chi connectivity index (χ3n) is 4.13. The maximum absolute atomic E-state index is 5.37. The predicted molar refractivity (Wildman–Crippen MR) is 83.0 cm³/mol. The smallest absolute Gasteiger partial charge is 0.160 e. The van der Waals surface area contributed by atoms with Gasteiger partial charge in [0, 0.05) is 31.0 Å². The molecule has 0 aliphatic carbocycles. The fraction of sp³-hybridized carbons (Fsp3) is 0.412. The van der Waals surface area contributed by atoms with Crippen LogP contribution in [0, 0.1) is 0 Å². The van der Waals surface area contributed by atoms with Gasteiger partial charge >= 0.3 is 0 Å².